The number of carbonyl (C=O) groups is 2. The lowest BCUT2D eigenvalue weighted by Crippen LogP contribution is -2.33. The Morgan fingerprint density at radius 3 is 2.64 bits per heavy atom. The van der Waals surface area contributed by atoms with E-state index in [-0.39, 0.29) is 31.0 Å². The minimum atomic E-state index is -0.397. The van der Waals surface area contributed by atoms with Crippen LogP contribution >= 0.6 is 12.4 Å². The van der Waals surface area contributed by atoms with Crippen molar-refractivity contribution in [1.82, 2.24) is 5.32 Å². The maximum atomic E-state index is 11.8. The zero-order valence-corrected chi connectivity index (χ0v) is 13.3. The lowest BCUT2D eigenvalue weighted by molar-refractivity contribution is -0.115. The second-order valence-electron chi connectivity index (χ2n) is 4.88. The van der Waals surface area contributed by atoms with Gasteiger partial charge in [0.2, 0.25) is 5.91 Å². The summed E-state index contributed by atoms with van der Waals surface area (Å²) >= 11 is 0. The molecule has 0 saturated carbocycles. The first-order valence-corrected chi connectivity index (χ1v) is 6.99. The van der Waals surface area contributed by atoms with E-state index in [1.54, 1.807) is 24.3 Å². The first kappa shape index (κ1) is 18.4. The molecule has 0 spiro atoms. The number of esters is 1. The number of benzene rings is 1. The normalized spacial score (nSPS) is 16.7. The second-order valence-corrected chi connectivity index (χ2v) is 4.88. The smallest absolute Gasteiger partial charge is 0.337 e. The Bertz CT molecular complexity index is 487. The van der Waals surface area contributed by atoms with E-state index < -0.39 is 5.97 Å². The van der Waals surface area contributed by atoms with Crippen molar-refractivity contribution in [2.24, 2.45) is 0 Å². The number of methoxy groups -OCH3 is 1. The summed E-state index contributed by atoms with van der Waals surface area (Å²) in [7, 11) is 1.33. The number of hydrogen-bond donors (Lipinski definition) is 2. The van der Waals surface area contributed by atoms with E-state index in [2.05, 4.69) is 15.4 Å². The molecule has 2 N–H and O–H groups in total. The lowest BCUT2D eigenvalue weighted by atomic mass is 10.2. The van der Waals surface area contributed by atoms with E-state index in [1.165, 1.54) is 7.11 Å². The first-order valence-electron chi connectivity index (χ1n) is 6.99. The number of nitrogens with one attached hydrogen (secondary N) is 2. The molecule has 122 valence electrons. The molecule has 1 aromatic carbocycles. The second kappa shape index (κ2) is 9.40. The van der Waals surface area contributed by atoms with Gasteiger partial charge in [-0.25, -0.2) is 4.79 Å². The third kappa shape index (κ3) is 5.63. The van der Waals surface area contributed by atoms with Crippen molar-refractivity contribution in [2.45, 2.75) is 18.9 Å². The molecule has 2 rings (SSSR count). The molecule has 0 aromatic heterocycles. The molecule has 1 amide bonds. The molecule has 0 aliphatic carbocycles. The van der Waals surface area contributed by atoms with Crippen molar-refractivity contribution in [1.29, 1.82) is 0 Å². The van der Waals surface area contributed by atoms with Crippen LogP contribution in [0.25, 0.3) is 0 Å². The molecule has 1 heterocycles. The Labute approximate surface area is 136 Å². The molecule has 6 nitrogen and oxygen atoms in total. The predicted octanol–water partition coefficient (Wildman–Crippen LogP) is 1.60. The van der Waals surface area contributed by atoms with Crippen molar-refractivity contribution < 1.29 is 19.1 Å². The highest BCUT2D eigenvalue weighted by molar-refractivity contribution is 5.93. The van der Waals surface area contributed by atoms with Gasteiger partial charge < -0.3 is 20.1 Å². The quantitative estimate of drug-likeness (QED) is 0.776. The van der Waals surface area contributed by atoms with Crippen LogP contribution < -0.4 is 10.6 Å². The summed E-state index contributed by atoms with van der Waals surface area (Å²) in [5, 5.41) is 5.83. The van der Waals surface area contributed by atoms with E-state index in [1.807, 2.05) is 0 Å². The highest BCUT2D eigenvalue weighted by atomic mass is 35.5. The molecule has 1 atom stereocenters. The molecule has 1 aliphatic heterocycles. The zero-order valence-electron chi connectivity index (χ0n) is 12.5. The van der Waals surface area contributed by atoms with E-state index in [0.717, 1.165) is 19.4 Å². The molecule has 1 aliphatic rings. The van der Waals surface area contributed by atoms with Gasteiger partial charge in [0.15, 0.2) is 0 Å². The summed E-state index contributed by atoms with van der Waals surface area (Å²) < 4.78 is 10.1. The first-order chi connectivity index (χ1) is 10.2. The van der Waals surface area contributed by atoms with Gasteiger partial charge in [-0.15, -0.1) is 12.4 Å². The molecule has 0 radical (unpaired) electrons. The van der Waals surface area contributed by atoms with Crippen LogP contribution in [0.3, 0.4) is 0 Å². The Kier molecular flexibility index (Phi) is 7.87. The van der Waals surface area contributed by atoms with Crippen LogP contribution in [0.1, 0.15) is 23.2 Å². The van der Waals surface area contributed by atoms with Crippen LogP contribution in [0.4, 0.5) is 5.69 Å². The van der Waals surface area contributed by atoms with Crippen molar-refractivity contribution in [2.75, 3.05) is 32.1 Å². The van der Waals surface area contributed by atoms with Gasteiger partial charge in [-0.1, -0.05) is 0 Å². The van der Waals surface area contributed by atoms with Gasteiger partial charge in [0.1, 0.15) is 0 Å². The van der Waals surface area contributed by atoms with Gasteiger partial charge in [0, 0.05) is 18.8 Å². The number of anilines is 1. The molecule has 1 fully saturated rings. The average molecular weight is 329 g/mol. The van der Waals surface area contributed by atoms with Gasteiger partial charge in [0.05, 0.1) is 25.3 Å². The van der Waals surface area contributed by atoms with Crippen LogP contribution in [0.15, 0.2) is 24.3 Å². The summed E-state index contributed by atoms with van der Waals surface area (Å²) in [5.41, 5.74) is 1.10. The molecular weight excluding hydrogens is 308 g/mol. The summed E-state index contributed by atoms with van der Waals surface area (Å²) in [6.07, 6.45) is 2.35. The van der Waals surface area contributed by atoms with Gasteiger partial charge >= 0.3 is 5.97 Å². The van der Waals surface area contributed by atoms with Crippen LogP contribution in [0, 0.1) is 0 Å². The number of rotatable bonds is 6. The Balaban J connectivity index is 0.00000242. The molecule has 7 heteroatoms. The number of halogens is 1. The van der Waals surface area contributed by atoms with E-state index in [0.29, 0.717) is 17.8 Å². The molecular formula is C15H21ClN2O4. The van der Waals surface area contributed by atoms with Crippen molar-refractivity contribution in [3.05, 3.63) is 29.8 Å². The minimum Gasteiger partial charge on any atom is -0.465 e. The maximum Gasteiger partial charge on any atom is 0.337 e. The minimum absolute atomic E-state index is 0. The Morgan fingerprint density at radius 1 is 1.32 bits per heavy atom. The van der Waals surface area contributed by atoms with E-state index >= 15 is 0 Å². The van der Waals surface area contributed by atoms with Crippen molar-refractivity contribution in [3.8, 4) is 0 Å². The molecule has 1 saturated heterocycles. The van der Waals surface area contributed by atoms with Crippen molar-refractivity contribution in [3.63, 3.8) is 0 Å². The highest BCUT2D eigenvalue weighted by Crippen LogP contribution is 2.11. The summed E-state index contributed by atoms with van der Waals surface area (Å²) in [5.74, 6) is -0.523. The van der Waals surface area contributed by atoms with Gasteiger partial charge in [0.25, 0.3) is 0 Å². The fourth-order valence-corrected chi connectivity index (χ4v) is 2.16. The number of hydrogen-bond acceptors (Lipinski definition) is 5. The monoisotopic (exact) mass is 328 g/mol. The summed E-state index contributed by atoms with van der Waals surface area (Å²) in [6.45, 7) is 1.73. The third-order valence-corrected chi connectivity index (χ3v) is 3.27. The fourth-order valence-electron chi connectivity index (χ4n) is 2.16. The zero-order chi connectivity index (χ0) is 15.1. The largest absolute Gasteiger partial charge is 0.465 e. The number of ether oxygens (including phenoxy) is 2. The Morgan fingerprint density at radius 2 is 2.05 bits per heavy atom. The van der Waals surface area contributed by atoms with Crippen LogP contribution in [0.5, 0.6) is 0 Å². The van der Waals surface area contributed by atoms with Gasteiger partial charge in [-0.05, 0) is 37.1 Å². The molecule has 0 bridgehead atoms. The highest BCUT2D eigenvalue weighted by Gasteiger charge is 2.15. The molecule has 22 heavy (non-hydrogen) atoms. The van der Waals surface area contributed by atoms with E-state index in [4.69, 9.17) is 4.74 Å². The number of carbonyl (C=O) groups excluding carboxylic acids is 2. The van der Waals surface area contributed by atoms with E-state index in [9.17, 15) is 9.59 Å². The Hall–Kier alpha value is -1.63. The van der Waals surface area contributed by atoms with Crippen LogP contribution in [-0.4, -0.2) is 44.8 Å². The van der Waals surface area contributed by atoms with Gasteiger partial charge in [-0.3, -0.25) is 4.79 Å². The van der Waals surface area contributed by atoms with Crippen LogP contribution in [0.2, 0.25) is 0 Å². The average Bonchev–Trinajstić information content (AvgIpc) is 3.00. The summed E-state index contributed by atoms with van der Waals surface area (Å²) in [6, 6.07) is 6.57. The standard InChI is InChI=1S/C15H20N2O4.ClH/c1-20-15(19)11-4-6-12(7-5-11)17-14(18)10-16-9-13-3-2-8-21-13;/h4-7,13,16H,2-3,8-10H2,1H3,(H,17,18);1H. The van der Waals surface area contributed by atoms with Crippen molar-refractivity contribution >= 4 is 30.0 Å². The molecule has 1 aromatic rings. The summed E-state index contributed by atoms with van der Waals surface area (Å²) in [4.78, 5) is 23.0. The topological polar surface area (TPSA) is 76.7 Å². The van der Waals surface area contributed by atoms with Gasteiger partial charge in [-0.2, -0.15) is 0 Å². The maximum absolute atomic E-state index is 11.8. The molecule has 1 unspecified atom stereocenters. The predicted molar refractivity (Wildman–Crippen MR) is 85.5 cm³/mol. The fraction of sp³-hybridized carbons (Fsp3) is 0.467. The SMILES string of the molecule is COC(=O)c1ccc(NC(=O)CNCC2CCCO2)cc1.Cl. The lowest BCUT2D eigenvalue weighted by Gasteiger charge is -2.11. The van der Waals surface area contributed by atoms with Crippen LogP contribution in [-0.2, 0) is 14.3 Å². The third-order valence-electron chi connectivity index (χ3n) is 3.27. The number of amides is 1.